The van der Waals surface area contributed by atoms with Crippen LogP contribution in [0.2, 0.25) is 0 Å². The summed E-state index contributed by atoms with van der Waals surface area (Å²) < 4.78 is 2.12. The Morgan fingerprint density at radius 1 is 1.17 bits per heavy atom. The van der Waals surface area contributed by atoms with Crippen molar-refractivity contribution < 1.29 is 0 Å². The Morgan fingerprint density at radius 3 is 2.58 bits per heavy atom. The van der Waals surface area contributed by atoms with Gasteiger partial charge in [0.05, 0.1) is 0 Å². The van der Waals surface area contributed by atoms with E-state index in [0.29, 0.717) is 0 Å². The average molecular weight is 327 g/mol. The fourth-order valence-corrected chi connectivity index (χ4v) is 3.51. The van der Waals surface area contributed by atoms with Gasteiger partial charge in [0.1, 0.15) is 12.2 Å². The largest absolute Gasteiger partial charge is 0.317 e. The van der Waals surface area contributed by atoms with Crippen molar-refractivity contribution in [1.82, 2.24) is 24.6 Å². The first-order valence-electron chi connectivity index (χ1n) is 9.00. The van der Waals surface area contributed by atoms with Gasteiger partial charge in [-0.2, -0.15) is 0 Å². The molecule has 0 aliphatic carbocycles. The molecule has 1 fully saturated rings. The lowest BCUT2D eigenvalue weighted by Crippen LogP contribution is -2.38. The van der Waals surface area contributed by atoms with Gasteiger partial charge >= 0.3 is 0 Å². The van der Waals surface area contributed by atoms with Gasteiger partial charge in [0, 0.05) is 26.2 Å². The lowest BCUT2D eigenvalue weighted by Gasteiger charge is -2.34. The first kappa shape index (κ1) is 17.1. The average Bonchev–Trinajstić information content (AvgIpc) is 3.01. The molecule has 1 aromatic carbocycles. The van der Waals surface area contributed by atoms with Gasteiger partial charge in [-0.15, -0.1) is 10.2 Å². The number of hydrogen-bond donors (Lipinski definition) is 0. The molecule has 3 rings (SSSR count). The van der Waals surface area contributed by atoms with Gasteiger partial charge in [-0.25, -0.2) is 0 Å². The van der Waals surface area contributed by atoms with Crippen LogP contribution in [0.3, 0.4) is 0 Å². The quantitative estimate of drug-likeness (QED) is 0.783. The molecular weight excluding hydrogens is 298 g/mol. The van der Waals surface area contributed by atoms with Gasteiger partial charge in [0.25, 0.3) is 0 Å². The highest BCUT2D eigenvalue weighted by Crippen LogP contribution is 2.19. The van der Waals surface area contributed by atoms with Crippen LogP contribution in [-0.4, -0.2) is 57.8 Å². The fraction of sp³-hybridized carbons (Fsp3) is 0.579. The summed E-state index contributed by atoms with van der Waals surface area (Å²) in [6, 6.07) is 10.8. The van der Waals surface area contributed by atoms with Gasteiger partial charge < -0.3 is 9.47 Å². The van der Waals surface area contributed by atoms with Crippen LogP contribution < -0.4 is 0 Å². The number of benzene rings is 1. The fourth-order valence-electron chi connectivity index (χ4n) is 3.51. The van der Waals surface area contributed by atoms with Crippen LogP contribution in [-0.2, 0) is 13.1 Å². The highest BCUT2D eigenvalue weighted by molar-refractivity contribution is 5.14. The van der Waals surface area contributed by atoms with E-state index < -0.39 is 0 Å². The zero-order valence-corrected chi connectivity index (χ0v) is 14.9. The monoisotopic (exact) mass is 327 g/mol. The van der Waals surface area contributed by atoms with Crippen LogP contribution in [0.5, 0.6) is 0 Å². The molecule has 0 atom stereocenters. The van der Waals surface area contributed by atoms with Crippen LogP contribution in [0.25, 0.3) is 0 Å². The first-order valence-corrected chi connectivity index (χ1v) is 9.00. The molecule has 0 unspecified atom stereocenters. The van der Waals surface area contributed by atoms with E-state index in [1.807, 2.05) is 13.3 Å². The third-order valence-electron chi connectivity index (χ3n) is 5.06. The van der Waals surface area contributed by atoms with Crippen LogP contribution >= 0.6 is 0 Å². The minimum atomic E-state index is 0.823. The van der Waals surface area contributed by atoms with E-state index >= 15 is 0 Å². The molecular formula is C19H29N5. The number of aryl methyl sites for hydroxylation is 1. The van der Waals surface area contributed by atoms with Crippen molar-refractivity contribution in [3.63, 3.8) is 0 Å². The maximum absolute atomic E-state index is 4.04. The molecule has 0 N–H and O–H groups in total. The highest BCUT2D eigenvalue weighted by Gasteiger charge is 2.20. The van der Waals surface area contributed by atoms with Gasteiger partial charge in [0.15, 0.2) is 0 Å². The Bertz CT molecular complexity index is 601. The number of likely N-dealkylation sites (N-methyl/N-ethyl adjacent to an activating group) is 1. The van der Waals surface area contributed by atoms with Gasteiger partial charge in [-0.05, 0) is 51.4 Å². The van der Waals surface area contributed by atoms with Crippen LogP contribution in [0.4, 0.5) is 0 Å². The summed E-state index contributed by atoms with van der Waals surface area (Å²) in [4.78, 5) is 5.04. The molecule has 0 bridgehead atoms. The predicted molar refractivity (Wildman–Crippen MR) is 96.7 cm³/mol. The maximum Gasteiger partial charge on any atom is 0.129 e. The molecule has 0 amide bonds. The summed E-state index contributed by atoms with van der Waals surface area (Å²) in [5, 5.41) is 7.99. The van der Waals surface area contributed by atoms with Crippen molar-refractivity contribution in [3.05, 3.63) is 48.0 Å². The van der Waals surface area contributed by atoms with Crippen molar-refractivity contribution in [1.29, 1.82) is 0 Å². The minimum absolute atomic E-state index is 0.823. The molecule has 5 heteroatoms. The number of hydrogen-bond acceptors (Lipinski definition) is 4. The Hall–Kier alpha value is -1.72. The minimum Gasteiger partial charge on any atom is -0.317 e. The van der Waals surface area contributed by atoms with E-state index in [9.17, 15) is 0 Å². The van der Waals surface area contributed by atoms with E-state index in [-0.39, 0.29) is 0 Å². The lowest BCUT2D eigenvalue weighted by atomic mass is 9.96. The summed E-state index contributed by atoms with van der Waals surface area (Å²) in [5.41, 5.74) is 1.43. The molecule has 0 spiro atoms. The van der Waals surface area contributed by atoms with Crippen LogP contribution in [0.15, 0.2) is 36.7 Å². The first-order chi connectivity index (χ1) is 11.7. The highest BCUT2D eigenvalue weighted by atomic mass is 15.3. The molecule has 5 nitrogen and oxygen atoms in total. The smallest absolute Gasteiger partial charge is 0.129 e. The van der Waals surface area contributed by atoms with Gasteiger partial charge in [-0.1, -0.05) is 30.3 Å². The second kappa shape index (κ2) is 8.40. The second-order valence-corrected chi connectivity index (χ2v) is 7.04. The van der Waals surface area contributed by atoms with E-state index in [1.54, 1.807) is 0 Å². The van der Waals surface area contributed by atoms with E-state index in [0.717, 1.165) is 31.4 Å². The lowest BCUT2D eigenvalue weighted by molar-refractivity contribution is 0.147. The van der Waals surface area contributed by atoms with Crippen LogP contribution in [0, 0.1) is 12.8 Å². The molecule has 0 saturated carbocycles. The number of likely N-dealkylation sites (tertiary alicyclic amines) is 1. The predicted octanol–water partition coefficient (Wildman–Crippen LogP) is 2.43. The Morgan fingerprint density at radius 2 is 1.92 bits per heavy atom. The zero-order chi connectivity index (χ0) is 16.8. The summed E-state index contributed by atoms with van der Waals surface area (Å²) in [6.07, 6.45) is 4.44. The summed E-state index contributed by atoms with van der Waals surface area (Å²) in [5.74, 6) is 1.82. The molecule has 1 saturated heterocycles. The van der Waals surface area contributed by atoms with Crippen molar-refractivity contribution >= 4 is 0 Å². The topological polar surface area (TPSA) is 37.2 Å². The Balaban J connectivity index is 1.36. The van der Waals surface area contributed by atoms with Crippen molar-refractivity contribution in [3.8, 4) is 0 Å². The molecule has 130 valence electrons. The van der Waals surface area contributed by atoms with E-state index in [1.165, 1.54) is 38.0 Å². The van der Waals surface area contributed by atoms with E-state index in [4.69, 9.17) is 0 Å². The number of rotatable bonds is 7. The molecule has 1 aliphatic heterocycles. The standard InChI is InChI=1S/C19H29N5/c1-17-21-20-16-24(17)13-12-22(2)14-19-8-10-23(11-9-19)15-18-6-4-3-5-7-18/h3-7,16,19H,8-15H2,1-2H3. The van der Waals surface area contributed by atoms with E-state index in [2.05, 4.69) is 61.9 Å². The normalized spacial score (nSPS) is 16.8. The second-order valence-electron chi connectivity index (χ2n) is 7.04. The zero-order valence-electron chi connectivity index (χ0n) is 14.9. The molecule has 0 radical (unpaired) electrons. The summed E-state index contributed by atoms with van der Waals surface area (Å²) >= 11 is 0. The number of aromatic nitrogens is 3. The van der Waals surface area contributed by atoms with Gasteiger partial charge in [-0.3, -0.25) is 4.90 Å². The maximum atomic E-state index is 4.04. The third-order valence-corrected chi connectivity index (χ3v) is 5.06. The number of piperidine rings is 1. The van der Waals surface area contributed by atoms with Crippen molar-refractivity contribution in [2.75, 3.05) is 33.2 Å². The number of nitrogens with zero attached hydrogens (tertiary/aromatic N) is 5. The SMILES string of the molecule is Cc1nncn1CCN(C)CC1CCN(Cc2ccccc2)CC1. The molecule has 2 heterocycles. The molecule has 24 heavy (non-hydrogen) atoms. The van der Waals surface area contributed by atoms with Crippen LogP contribution in [0.1, 0.15) is 24.2 Å². The van der Waals surface area contributed by atoms with Crippen molar-refractivity contribution in [2.24, 2.45) is 5.92 Å². The molecule has 1 aromatic heterocycles. The summed E-state index contributed by atoms with van der Waals surface area (Å²) in [7, 11) is 2.23. The van der Waals surface area contributed by atoms with Gasteiger partial charge in [0.2, 0.25) is 0 Å². The Labute approximate surface area is 145 Å². The Kier molecular flexibility index (Phi) is 5.99. The molecule has 1 aliphatic rings. The van der Waals surface area contributed by atoms with Crippen molar-refractivity contribution in [2.45, 2.75) is 32.9 Å². The third kappa shape index (κ3) is 4.89. The summed E-state index contributed by atoms with van der Waals surface area (Å²) in [6.45, 7) is 8.77. The molecule has 2 aromatic rings.